The monoisotopic (exact) mass is 370 g/mol. The summed E-state index contributed by atoms with van der Waals surface area (Å²) in [5, 5.41) is 6.72. The summed E-state index contributed by atoms with van der Waals surface area (Å²) in [6, 6.07) is 29.3. The third-order valence-electron chi connectivity index (χ3n) is 4.87. The second kappa shape index (κ2) is 8.09. The molecule has 1 heterocycles. The van der Waals surface area contributed by atoms with Gasteiger partial charge in [-0.1, -0.05) is 78.9 Å². The van der Waals surface area contributed by atoms with Crippen LogP contribution in [0.5, 0.6) is 0 Å². The Bertz CT molecular complexity index is 956. The van der Waals surface area contributed by atoms with Crippen molar-refractivity contribution >= 4 is 17.4 Å². The number of benzene rings is 3. The molecule has 2 unspecified atom stereocenters. The van der Waals surface area contributed by atoms with Gasteiger partial charge in [0.25, 0.3) is 0 Å². The molecule has 3 aromatic carbocycles. The molecule has 0 bridgehead atoms. The van der Waals surface area contributed by atoms with Gasteiger partial charge in [0.1, 0.15) is 0 Å². The van der Waals surface area contributed by atoms with Crippen molar-refractivity contribution in [2.75, 3.05) is 11.6 Å². The van der Waals surface area contributed by atoms with E-state index in [1.54, 1.807) is 5.01 Å². The molecule has 4 nitrogen and oxygen atoms in total. The molecule has 4 rings (SSSR count). The Hall–Kier alpha value is -3.40. The first-order valence-electron chi connectivity index (χ1n) is 9.49. The van der Waals surface area contributed by atoms with E-state index in [0.717, 1.165) is 22.5 Å². The highest BCUT2D eigenvalue weighted by Gasteiger charge is 2.45. The van der Waals surface area contributed by atoms with Gasteiger partial charge in [-0.05, 0) is 30.2 Å². The first-order chi connectivity index (χ1) is 13.8. The van der Waals surface area contributed by atoms with E-state index in [1.807, 2.05) is 97.9 Å². The van der Waals surface area contributed by atoms with Crippen molar-refractivity contribution in [3.05, 3.63) is 102 Å². The average Bonchev–Trinajstić information content (AvgIpc) is 3.17. The Kier molecular flexibility index (Phi) is 5.20. The molecule has 3 aromatic rings. The lowest BCUT2D eigenvalue weighted by Crippen LogP contribution is -2.40. The molecule has 140 valence electrons. The highest BCUT2D eigenvalue weighted by Crippen LogP contribution is 2.37. The highest BCUT2D eigenvalue weighted by molar-refractivity contribution is 6.11. The highest BCUT2D eigenvalue weighted by atomic mass is 16.5. The summed E-state index contributed by atoms with van der Waals surface area (Å²) >= 11 is 0. The number of carbonyl (C=O) groups excluding carboxylic acids is 1. The van der Waals surface area contributed by atoms with Crippen molar-refractivity contribution < 1.29 is 9.53 Å². The first-order valence-corrected chi connectivity index (χ1v) is 9.49. The number of hydrogen-bond donors (Lipinski definition) is 0. The van der Waals surface area contributed by atoms with Crippen molar-refractivity contribution in [2.24, 2.45) is 5.10 Å². The minimum Gasteiger partial charge on any atom is -0.464 e. The van der Waals surface area contributed by atoms with Gasteiger partial charge in [0.05, 0.1) is 23.9 Å². The number of hydrazone groups is 1. The molecular weight excluding hydrogens is 348 g/mol. The Balaban J connectivity index is 1.87. The SMILES string of the molecule is CCOC(=O)C1C(c2ccccc2)C(c2ccccc2)=NN1c1ccccc1. The molecule has 0 saturated carbocycles. The summed E-state index contributed by atoms with van der Waals surface area (Å²) < 4.78 is 5.46. The summed E-state index contributed by atoms with van der Waals surface area (Å²) in [4.78, 5) is 13.1. The van der Waals surface area contributed by atoms with E-state index in [2.05, 4.69) is 0 Å². The van der Waals surface area contributed by atoms with Crippen LogP contribution in [0, 0.1) is 0 Å². The maximum absolute atomic E-state index is 13.1. The number of ether oxygens (including phenoxy) is 1. The normalized spacial score (nSPS) is 18.6. The average molecular weight is 370 g/mol. The molecular formula is C24H22N2O2. The minimum atomic E-state index is -0.556. The van der Waals surface area contributed by atoms with Gasteiger partial charge in [-0.3, -0.25) is 0 Å². The lowest BCUT2D eigenvalue weighted by atomic mass is 9.85. The zero-order chi connectivity index (χ0) is 19.3. The fraction of sp³-hybridized carbons (Fsp3) is 0.167. The van der Waals surface area contributed by atoms with Gasteiger partial charge in [0.15, 0.2) is 6.04 Å². The van der Waals surface area contributed by atoms with Crippen molar-refractivity contribution in [1.29, 1.82) is 0 Å². The van der Waals surface area contributed by atoms with Crippen LogP contribution in [-0.4, -0.2) is 24.3 Å². The van der Waals surface area contributed by atoms with Crippen molar-refractivity contribution in [3.8, 4) is 0 Å². The number of carbonyl (C=O) groups is 1. The van der Waals surface area contributed by atoms with Gasteiger partial charge in [0.2, 0.25) is 0 Å². The quantitative estimate of drug-likeness (QED) is 0.615. The fourth-order valence-corrected chi connectivity index (χ4v) is 3.64. The van der Waals surface area contributed by atoms with E-state index in [-0.39, 0.29) is 11.9 Å². The third kappa shape index (κ3) is 3.41. The van der Waals surface area contributed by atoms with Gasteiger partial charge >= 0.3 is 5.97 Å². The van der Waals surface area contributed by atoms with Gasteiger partial charge in [0, 0.05) is 0 Å². The minimum absolute atomic E-state index is 0.220. The molecule has 1 aliphatic rings. The second-order valence-electron chi connectivity index (χ2n) is 6.62. The number of nitrogens with zero attached hydrogens (tertiary/aromatic N) is 2. The van der Waals surface area contributed by atoms with Crippen LogP contribution in [0.2, 0.25) is 0 Å². The van der Waals surface area contributed by atoms with Gasteiger partial charge in [-0.15, -0.1) is 0 Å². The Morgan fingerprint density at radius 2 is 1.46 bits per heavy atom. The maximum Gasteiger partial charge on any atom is 0.332 e. The summed E-state index contributed by atoms with van der Waals surface area (Å²) in [6.07, 6.45) is 0. The zero-order valence-corrected chi connectivity index (χ0v) is 15.7. The van der Waals surface area contributed by atoms with E-state index < -0.39 is 6.04 Å². The Morgan fingerprint density at radius 1 is 0.893 bits per heavy atom. The molecule has 0 spiro atoms. The molecule has 0 fully saturated rings. The van der Waals surface area contributed by atoms with Gasteiger partial charge < -0.3 is 4.74 Å². The Labute approximate surface area is 165 Å². The van der Waals surface area contributed by atoms with Crippen molar-refractivity contribution in [3.63, 3.8) is 0 Å². The van der Waals surface area contributed by atoms with Gasteiger partial charge in [-0.25, -0.2) is 9.80 Å². The van der Waals surface area contributed by atoms with E-state index in [4.69, 9.17) is 9.84 Å². The summed E-state index contributed by atoms with van der Waals surface area (Å²) in [6.45, 7) is 2.16. The number of esters is 1. The van der Waals surface area contributed by atoms with Crippen LogP contribution in [0.25, 0.3) is 0 Å². The number of para-hydroxylation sites is 1. The molecule has 2 atom stereocenters. The molecule has 0 N–H and O–H groups in total. The van der Waals surface area contributed by atoms with Crippen LogP contribution in [0.1, 0.15) is 24.0 Å². The topological polar surface area (TPSA) is 41.9 Å². The van der Waals surface area contributed by atoms with E-state index in [9.17, 15) is 4.79 Å². The molecule has 0 radical (unpaired) electrons. The van der Waals surface area contributed by atoms with Crippen molar-refractivity contribution in [2.45, 2.75) is 18.9 Å². The van der Waals surface area contributed by atoms with Crippen LogP contribution < -0.4 is 5.01 Å². The zero-order valence-electron chi connectivity index (χ0n) is 15.7. The standard InChI is InChI=1S/C24H22N2O2/c1-2-28-24(27)23-21(18-12-6-3-7-13-18)22(19-14-8-4-9-15-19)25-26(23)20-16-10-5-11-17-20/h3-17,21,23H,2H2,1H3. The molecule has 0 amide bonds. The predicted octanol–water partition coefficient (Wildman–Crippen LogP) is 4.63. The van der Waals surface area contributed by atoms with E-state index in [1.165, 1.54) is 0 Å². The third-order valence-corrected chi connectivity index (χ3v) is 4.87. The van der Waals surface area contributed by atoms with Crippen LogP contribution in [0.3, 0.4) is 0 Å². The molecule has 28 heavy (non-hydrogen) atoms. The lowest BCUT2D eigenvalue weighted by molar-refractivity contribution is -0.144. The fourth-order valence-electron chi connectivity index (χ4n) is 3.64. The second-order valence-corrected chi connectivity index (χ2v) is 6.62. The smallest absolute Gasteiger partial charge is 0.332 e. The van der Waals surface area contributed by atoms with Crippen molar-refractivity contribution in [1.82, 2.24) is 0 Å². The van der Waals surface area contributed by atoms with Crippen LogP contribution in [-0.2, 0) is 9.53 Å². The van der Waals surface area contributed by atoms with E-state index in [0.29, 0.717) is 6.61 Å². The number of anilines is 1. The largest absolute Gasteiger partial charge is 0.464 e. The molecule has 0 aromatic heterocycles. The van der Waals surface area contributed by atoms with Crippen LogP contribution >= 0.6 is 0 Å². The molecule has 0 aliphatic carbocycles. The molecule has 4 heteroatoms. The van der Waals surface area contributed by atoms with Crippen LogP contribution in [0.4, 0.5) is 5.69 Å². The lowest BCUT2D eigenvalue weighted by Gasteiger charge is -2.26. The van der Waals surface area contributed by atoms with E-state index >= 15 is 0 Å². The predicted molar refractivity (Wildman–Crippen MR) is 112 cm³/mol. The molecule has 1 aliphatic heterocycles. The van der Waals surface area contributed by atoms with Gasteiger partial charge in [-0.2, -0.15) is 5.10 Å². The number of rotatable bonds is 5. The van der Waals surface area contributed by atoms with Crippen LogP contribution in [0.15, 0.2) is 96.1 Å². The summed E-state index contributed by atoms with van der Waals surface area (Å²) in [5.74, 6) is -0.488. The summed E-state index contributed by atoms with van der Waals surface area (Å²) in [5.41, 5.74) is 3.78. The molecule has 0 saturated heterocycles. The maximum atomic E-state index is 13.1. The number of hydrogen-bond acceptors (Lipinski definition) is 4. The Morgan fingerprint density at radius 3 is 2.07 bits per heavy atom. The first kappa shape index (κ1) is 18.0. The summed E-state index contributed by atoms with van der Waals surface area (Å²) in [7, 11) is 0.